The summed E-state index contributed by atoms with van der Waals surface area (Å²) < 4.78 is 0. The minimum atomic E-state index is -0.654. The molecule has 222 valence electrons. The first-order valence-corrected chi connectivity index (χ1v) is 16.0. The predicted octanol–water partition coefficient (Wildman–Crippen LogP) is 6.69. The Hall–Kier alpha value is -3.45. The van der Waals surface area contributed by atoms with Crippen molar-refractivity contribution in [1.29, 1.82) is 0 Å². The van der Waals surface area contributed by atoms with E-state index in [0.29, 0.717) is 17.8 Å². The Balaban J connectivity index is 1.28. The Morgan fingerprint density at radius 1 is 0.929 bits per heavy atom. The van der Waals surface area contributed by atoms with Gasteiger partial charge in [-0.25, -0.2) is 4.98 Å². The lowest BCUT2D eigenvalue weighted by Gasteiger charge is -2.32. The van der Waals surface area contributed by atoms with Gasteiger partial charge in [-0.1, -0.05) is 60.7 Å². The van der Waals surface area contributed by atoms with Crippen molar-refractivity contribution in [1.82, 2.24) is 14.9 Å². The molecule has 3 N–H and O–H groups in total. The van der Waals surface area contributed by atoms with Crippen LogP contribution in [0.3, 0.4) is 0 Å². The number of nitrogens with zero attached hydrogens (tertiary/aromatic N) is 3. The van der Waals surface area contributed by atoms with Crippen molar-refractivity contribution >= 4 is 17.7 Å². The molecule has 2 aromatic carbocycles. The zero-order valence-electron chi connectivity index (χ0n) is 24.8. The van der Waals surface area contributed by atoms with Crippen LogP contribution in [0, 0.1) is 11.8 Å². The van der Waals surface area contributed by atoms with Gasteiger partial charge in [0.25, 0.3) is 0 Å². The number of carboxylic acids is 1. The molecule has 2 fully saturated rings. The van der Waals surface area contributed by atoms with Crippen LogP contribution in [0.25, 0.3) is 0 Å². The highest BCUT2D eigenvalue weighted by Gasteiger charge is 2.31. The quantitative estimate of drug-likeness (QED) is 0.251. The summed E-state index contributed by atoms with van der Waals surface area (Å²) in [6.45, 7) is 5.46. The second kappa shape index (κ2) is 13.2. The maximum atomic E-state index is 11.5. The summed E-state index contributed by atoms with van der Waals surface area (Å²) >= 11 is 0. The van der Waals surface area contributed by atoms with Gasteiger partial charge in [-0.05, 0) is 101 Å². The molecule has 3 aliphatic rings. The topological polar surface area (TPSA) is 90.4 Å². The number of anilines is 2. The molecule has 42 heavy (non-hydrogen) atoms. The number of rotatable bonds is 10. The molecule has 7 nitrogen and oxygen atoms in total. The molecule has 1 aliphatic heterocycles. The molecule has 1 aromatic heterocycles. The third-order valence-electron chi connectivity index (χ3n) is 9.88. The van der Waals surface area contributed by atoms with Crippen LogP contribution in [0.15, 0.2) is 60.7 Å². The van der Waals surface area contributed by atoms with E-state index in [1.807, 2.05) is 0 Å². The molecule has 1 saturated heterocycles. The van der Waals surface area contributed by atoms with Crippen molar-refractivity contribution < 1.29 is 9.90 Å². The highest BCUT2D eigenvalue weighted by Crippen LogP contribution is 2.37. The maximum Gasteiger partial charge on any atom is 0.306 e. The van der Waals surface area contributed by atoms with E-state index in [1.54, 1.807) is 0 Å². The van der Waals surface area contributed by atoms with Gasteiger partial charge in [0.15, 0.2) is 0 Å². The van der Waals surface area contributed by atoms with Gasteiger partial charge >= 0.3 is 5.97 Å². The van der Waals surface area contributed by atoms with Crippen molar-refractivity contribution in [3.8, 4) is 0 Å². The van der Waals surface area contributed by atoms with E-state index in [2.05, 4.69) is 83.1 Å². The van der Waals surface area contributed by atoms with Crippen molar-refractivity contribution in [2.75, 3.05) is 30.3 Å². The minimum absolute atomic E-state index is 0.136. The number of nitrogens with one attached hydrogen (secondary N) is 2. The van der Waals surface area contributed by atoms with E-state index in [-0.39, 0.29) is 18.0 Å². The summed E-state index contributed by atoms with van der Waals surface area (Å²) in [5, 5.41) is 17.0. The average molecular weight is 568 g/mol. The van der Waals surface area contributed by atoms with Crippen LogP contribution in [-0.2, 0) is 17.6 Å². The predicted molar refractivity (Wildman–Crippen MR) is 168 cm³/mol. The number of aryl methyl sites for hydroxylation is 1. The number of aromatic nitrogens is 2. The molecule has 1 saturated carbocycles. The van der Waals surface area contributed by atoms with E-state index < -0.39 is 5.97 Å². The fourth-order valence-corrected chi connectivity index (χ4v) is 7.30. The summed E-state index contributed by atoms with van der Waals surface area (Å²) in [5.74, 6) is 1.67. The van der Waals surface area contributed by atoms with E-state index in [0.717, 1.165) is 76.1 Å². The third-order valence-corrected chi connectivity index (χ3v) is 9.88. The number of hydrogen-bond donors (Lipinski definition) is 3. The van der Waals surface area contributed by atoms with Crippen molar-refractivity contribution in [2.45, 2.75) is 82.7 Å². The average Bonchev–Trinajstić information content (AvgIpc) is 3.55. The Morgan fingerprint density at radius 3 is 2.31 bits per heavy atom. The first kappa shape index (κ1) is 28.7. The molecule has 2 heterocycles. The SMILES string of the molecule is CC(Nc1nc2c(c(N[C@@H](CN3CCCC3)c3ccccc3)n1)CC(c1ccccc1)CC2)C1CCC(C(=O)O)CC1. The molecule has 0 spiro atoms. The molecule has 2 aliphatic carbocycles. The molecular formula is C35H45N5O2. The lowest BCUT2D eigenvalue weighted by Crippen LogP contribution is -2.33. The number of likely N-dealkylation sites (tertiary alicyclic amines) is 1. The van der Waals surface area contributed by atoms with Crippen LogP contribution in [-0.4, -0.2) is 51.6 Å². The summed E-state index contributed by atoms with van der Waals surface area (Å²) in [6, 6.07) is 22.0. The standard InChI is InChI=1S/C35H45N5O2/c1-24(25-14-16-28(17-15-25)34(41)42)36-35-38-31-19-18-29(26-10-4-2-5-11-26)22-30(31)33(39-35)37-32(23-40-20-8-9-21-40)27-12-6-3-7-13-27/h2-7,10-13,24-25,28-29,32H,8-9,14-23H2,1H3,(H,41,42)(H2,36,37,38,39)/t24?,25?,28?,29?,32-/m0/s1. The zero-order chi connectivity index (χ0) is 28.9. The molecule has 6 rings (SSSR count). The molecular weight excluding hydrogens is 522 g/mol. The van der Waals surface area contributed by atoms with E-state index >= 15 is 0 Å². The third kappa shape index (κ3) is 6.78. The monoisotopic (exact) mass is 567 g/mol. The zero-order valence-corrected chi connectivity index (χ0v) is 24.8. The van der Waals surface area contributed by atoms with Crippen LogP contribution in [0.5, 0.6) is 0 Å². The molecule has 0 bridgehead atoms. The fourth-order valence-electron chi connectivity index (χ4n) is 7.30. The second-order valence-corrected chi connectivity index (χ2v) is 12.7. The van der Waals surface area contributed by atoms with Gasteiger partial charge in [-0.2, -0.15) is 4.98 Å². The van der Waals surface area contributed by atoms with Gasteiger partial charge < -0.3 is 20.6 Å². The lowest BCUT2D eigenvalue weighted by atomic mass is 9.79. The number of carboxylic acid groups (broad SMARTS) is 1. The van der Waals surface area contributed by atoms with Gasteiger partial charge in [-0.15, -0.1) is 0 Å². The normalized spacial score (nSPS) is 24.0. The summed E-state index contributed by atoms with van der Waals surface area (Å²) in [6.07, 6.45) is 8.82. The molecule has 2 unspecified atom stereocenters. The number of benzene rings is 2. The molecule has 7 heteroatoms. The van der Waals surface area contributed by atoms with Gasteiger partial charge in [0.05, 0.1) is 17.7 Å². The van der Waals surface area contributed by atoms with Crippen LogP contribution >= 0.6 is 0 Å². The van der Waals surface area contributed by atoms with Crippen LogP contribution < -0.4 is 10.6 Å². The number of carbonyl (C=O) groups is 1. The van der Waals surface area contributed by atoms with Crippen molar-refractivity contribution in [3.63, 3.8) is 0 Å². The number of hydrogen-bond acceptors (Lipinski definition) is 6. The Labute approximate surface area is 250 Å². The molecule has 3 atom stereocenters. The molecule has 0 amide bonds. The maximum absolute atomic E-state index is 11.5. The van der Waals surface area contributed by atoms with Gasteiger partial charge in [-0.3, -0.25) is 4.79 Å². The van der Waals surface area contributed by atoms with Crippen LogP contribution in [0.4, 0.5) is 11.8 Å². The summed E-state index contributed by atoms with van der Waals surface area (Å²) in [7, 11) is 0. The first-order chi connectivity index (χ1) is 20.5. The lowest BCUT2D eigenvalue weighted by molar-refractivity contribution is -0.143. The van der Waals surface area contributed by atoms with Crippen LogP contribution in [0.1, 0.15) is 86.2 Å². The number of aliphatic carboxylic acids is 1. The highest BCUT2D eigenvalue weighted by molar-refractivity contribution is 5.70. The molecule has 3 aromatic rings. The first-order valence-electron chi connectivity index (χ1n) is 16.0. The smallest absolute Gasteiger partial charge is 0.306 e. The van der Waals surface area contributed by atoms with Crippen molar-refractivity contribution in [2.24, 2.45) is 11.8 Å². The van der Waals surface area contributed by atoms with E-state index in [9.17, 15) is 9.90 Å². The minimum Gasteiger partial charge on any atom is -0.481 e. The van der Waals surface area contributed by atoms with Gasteiger partial charge in [0.2, 0.25) is 5.95 Å². The second-order valence-electron chi connectivity index (χ2n) is 12.7. The summed E-state index contributed by atoms with van der Waals surface area (Å²) in [4.78, 5) is 24.3. The fraction of sp³-hybridized carbons (Fsp3) is 0.514. The molecule has 0 radical (unpaired) electrons. The Bertz CT molecular complexity index is 1320. The largest absolute Gasteiger partial charge is 0.481 e. The van der Waals surface area contributed by atoms with Gasteiger partial charge in [0, 0.05) is 18.2 Å². The Morgan fingerprint density at radius 2 is 1.62 bits per heavy atom. The van der Waals surface area contributed by atoms with E-state index in [1.165, 1.54) is 29.5 Å². The van der Waals surface area contributed by atoms with E-state index in [4.69, 9.17) is 9.97 Å². The Kier molecular flexibility index (Phi) is 9.04. The summed E-state index contributed by atoms with van der Waals surface area (Å²) in [5.41, 5.74) is 5.07. The number of fused-ring (bicyclic) bond motifs is 1. The van der Waals surface area contributed by atoms with Crippen molar-refractivity contribution in [3.05, 3.63) is 83.0 Å². The van der Waals surface area contributed by atoms with Gasteiger partial charge in [0.1, 0.15) is 5.82 Å². The van der Waals surface area contributed by atoms with Crippen LogP contribution in [0.2, 0.25) is 0 Å². The highest BCUT2D eigenvalue weighted by atomic mass is 16.4.